The van der Waals surface area contributed by atoms with Gasteiger partial charge in [0.2, 0.25) is 0 Å². The summed E-state index contributed by atoms with van der Waals surface area (Å²) in [6.45, 7) is 1.76. The molecule has 0 radical (unpaired) electrons. The average molecular weight is 416 g/mol. The molecule has 4 rings (SSSR count). The van der Waals surface area contributed by atoms with Crippen molar-refractivity contribution in [3.8, 4) is 5.75 Å². The predicted octanol–water partition coefficient (Wildman–Crippen LogP) is 6.21. The van der Waals surface area contributed by atoms with Gasteiger partial charge in [0.15, 0.2) is 11.6 Å². The highest BCUT2D eigenvalue weighted by Crippen LogP contribution is 2.38. The van der Waals surface area contributed by atoms with Crippen molar-refractivity contribution in [2.75, 3.05) is 7.11 Å². The quantitative estimate of drug-likeness (QED) is 0.513. The number of halogens is 4. The van der Waals surface area contributed by atoms with Crippen molar-refractivity contribution in [2.24, 2.45) is 5.92 Å². The van der Waals surface area contributed by atoms with Crippen molar-refractivity contribution in [2.45, 2.75) is 25.9 Å². The van der Waals surface area contributed by atoms with Gasteiger partial charge < -0.3 is 9.72 Å². The van der Waals surface area contributed by atoms with Gasteiger partial charge in [-0.1, -0.05) is 25.1 Å². The van der Waals surface area contributed by atoms with E-state index < -0.39 is 17.6 Å². The van der Waals surface area contributed by atoms with Crippen LogP contribution in [0, 0.1) is 11.7 Å². The molecule has 2 aromatic heterocycles. The Bertz CT molecular complexity index is 1160. The SMILES string of the molecule is COc1cccc(Cc2c[nH]c3ncc(C4=CC(C)CC(C(F)(F)F)=C4)cc23)c1F. The smallest absolute Gasteiger partial charge is 0.412 e. The third-order valence-corrected chi connectivity index (χ3v) is 5.29. The molecule has 1 unspecified atom stereocenters. The van der Waals surface area contributed by atoms with Crippen LogP contribution in [-0.4, -0.2) is 23.3 Å². The second kappa shape index (κ2) is 7.63. The Morgan fingerprint density at radius 3 is 2.77 bits per heavy atom. The number of fused-ring (bicyclic) bond motifs is 1. The van der Waals surface area contributed by atoms with Crippen LogP contribution in [0.15, 0.2) is 54.4 Å². The number of nitrogens with zero attached hydrogens (tertiary/aromatic N) is 1. The Balaban J connectivity index is 1.73. The number of hydrogen-bond donors (Lipinski definition) is 1. The molecule has 2 heterocycles. The Morgan fingerprint density at radius 2 is 2.03 bits per heavy atom. The third-order valence-electron chi connectivity index (χ3n) is 5.29. The van der Waals surface area contributed by atoms with Crippen molar-refractivity contribution < 1.29 is 22.3 Å². The van der Waals surface area contributed by atoms with Crippen LogP contribution in [0.4, 0.5) is 17.6 Å². The minimum Gasteiger partial charge on any atom is -0.494 e. The molecule has 3 aromatic rings. The van der Waals surface area contributed by atoms with Crippen molar-refractivity contribution in [3.63, 3.8) is 0 Å². The van der Waals surface area contributed by atoms with Crippen LogP contribution in [0.1, 0.15) is 30.0 Å². The summed E-state index contributed by atoms with van der Waals surface area (Å²) in [5.41, 5.74) is 2.42. The van der Waals surface area contributed by atoms with Gasteiger partial charge in [-0.25, -0.2) is 9.37 Å². The van der Waals surface area contributed by atoms with Crippen LogP contribution in [-0.2, 0) is 6.42 Å². The van der Waals surface area contributed by atoms with Crippen molar-refractivity contribution in [3.05, 3.63) is 76.9 Å². The van der Waals surface area contributed by atoms with E-state index in [0.29, 0.717) is 28.8 Å². The standard InChI is InChI=1S/C23H20F4N2O/c1-13-6-15(9-18(7-13)23(25,26)27)16-10-19-17(12-29-22(19)28-11-16)8-14-4-3-5-20(30-2)21(14)24/h3-6,9-13H,7-8H2,1-2H3,(H,28,29). The summed E-state index contributed by atoms with van der Waals surface area (Å²) in [6, 6.07) is 6.75. The van der Waals surface area contributed by atoms with Crippen LogP contribution < -0.4 is 4.74 Å². The summed E-state index contributed by atoms with van der Waals surface area (Å²) in [7, 11) is 1.41. The van der Waals surface area contributed by atoms with E-state index in [0.717, 1.165) is 10.9 Å². The van der Waals surface area contributed by atoms with Gasteiger partial charge in [0.05, 0.1) is 7.11 Å². The van der Waals surface area contributed by atoms with Crippen molar-refractivity contribution >= 4 is 16.6 Å². The molecule has 0 fully saturated rings. The van der Waals surface area contributed by atoms with E-state index in [9.17, 15) is 17.6 Å². The normalized spacial score (nSPS) is 17.1. The molecule has 1 aliphatic rings. The van der Waals surface area contributed by atoms with Crippen molar-refractivity contribution in [1.29, 1.82) is 0 Å². The summed E-state index contributed by atoms with van der Waals surface area (Å²) in [5, 5.41) is 0.746. The number of allylic oxidation sites excluding steroid dienone is 4. The van der Waals surface area contributed by atoms with Gasteiger partial charge in [-0.3, -0.25) is 0 Å². The number of ether oxygens (including phenoxy) is 1. The fourth-order valence-electron chi connectivity index (χ4n) is 3.80. The van der Waals surface area contributed by atoms with Gasteiger partial charge in [-0.2, -0.15) is 13.2 Å². The molecule has 156 valence electrons. The lowest BCUT2D eigenvalue weighted by Gasteiger charge is -2.21. The summed E-state index contributed by atoms with van der Waals surface area (Å²) in [5.74, 6) is -0.494. The summed E-state index contributed by atoms with van der Waals surface area (Å²) in [4.78, 5) is 7.41. The molecule has 0 saturated carbocycles. The molecule has 0 aliphatic heterocycles. The number of hydrogen-bond acceptors (Lipinski definition) is 2. The van der Waals surface area contributed by atoms with Gasteiger partial charge in [-0.05, 0) is 47.2 Å². The van der Waals surface area contributed by atoms with Crippen LogP contribution in [0.2, 0.25) is 0 Å². The van der Waals surface area contributed by atoms with Crippen LogP contribution in [0.5, 0.6) is 5.75 Å². The fraction of sp³-hybridized carbons (Fsp3) is 0.261. The minimum absolute atomic E-state index is 0.0345. The number of rotatable bonds is 4. The number of benzene rings is 1. The Morgan fingerprint density at radius 1 is 1.23 bits per heavy atom. The summed E-state index contributed by atoms with van der Waals surface area (Å²) >= 11 is 0. The van der Waals surface area contributed by atoms with Gasteiger partial charge in [0.25, 0.3) is 0 Å². The molecule has 1 aliphatic carbocycles. The molecule has 0 bridgehead atoms. The van der Waals surface area contributed by atoms with Gasteiger partial charge in [0.1, 0.15) is 5.65 Å². The monoisotopic (exact) mass is 416 g/mol. The topological polar surface area (TPSA) is 37.9 Å². The largest absolute Gasteiger partial charge is 0.494 e. The molecule has 1 N–H and O–H groups in total. The average Bonchev–Trinajstić information content (AvgIpc) is 3.10. The zero-order valence-electron chi connectivity index (χ0n) is 16.5. The van der Waals surface area contributed by atoms with E-state index in [4.69, 9.17) is 4.74 Å². The van der Waals surface area contributed by atoms with E-state index in [1.165, 1.54) is 13.2 Å². The molecule has 7 heteroatoms. The molecular weight excluding hydrogens is 396 g/mol. The zero-order valence-corrected chi connectivity index (χ0v) is 16.5. The van der Waals surface area contributed by atoms with Gasteiger partial charge in [-0.15, -0.1) is 0 Å². The minimum atomic E-state index is -4.35. The van der Waals surface area contributed by atoms with Crippen LogP contribution >= 0.6 is 0 Å². The van der Waals surface area contributed by atoms with E-state index in [1.807, 2.05) is 6.08 Å². The van der Waals surface area contributed by atoms with E-state index >= 15 is 0 Å². The summed E-state index contributed by atoms with van der Waals surface area (Å²) < 4.78 is 59.3. The van der Waals surface area contributed by atoms with E-state index in [1.54, 1.807) is 43.6 Å². The Labute approximate surface area is 171 Å². The number of aromatic amines is 1. The first-order chi connectivity index (χ1) is 14.3. The zero-order chi connectivity index (χ0) is 21.5. The lowest BCUT2D eigenvalue weighted by atomic mass is 9.88. The van der Waals surface area contributed by atoms with Crippen LogP contribution in [0.3, 0.4) is 0 Å². The Hall–Kier alpha value is -3.09. The highest BCUT2D eigenvalue weighted by atomic mass is 19.4. The maximum atomic E-state index is 14.6. The number of H-pyrrole nitrogens is 1. The number of aromatic nitrogens is 2. The maximum Gasteiger partial charge on any atom is 0.412 e. The molecule has 1 aromatic carbocycles. The third kappa shape index (κ3) is 3.84. The second-order valence-corrected chi connectivity index (χ2v) is 7.51. The molecule has 30 heavy (non-hydrogen) atoms. The summed E-state index contributed by atoms with van der Waals surface area (Å²) in [6.07, 6.45) is 2.23. The molecule has 3 nitrogen and oxygen atoms in total. The number of methoxy groups -OCH3 is 1. The molecule has 0 spiro atoms. The lowest BCUT2D eigenvalue weighted by molar-refractivity contribution is -0.0948. The number of alkyl halides is 3. The van der Waals surface area contributed by atoms with E-state index in [-0.39, 0.29) is 18.1 Å². The molecule has 0 saturated heterocycles. The van der Waals surface area contributed by atoms with Gasteiger partial charge in [0, 0.05) is 35.3 Å². The highest BCUT2D eigenvalue weighted by molar-refractivity contribution is 5.86. The Kier molecular flexibility index (Phi) is 5.13. The molecule has 0 amide bonds. The first-order valence-electron chi connectivity index (χ1n) is 9.53. The second-order valence-electron chi connectivity index (χ2n) is 7.51. The maximum absolute atomic E-state index is 14.6. The first kappa shape index (κ1) is 20.2. The fourth-order valence-corrected chi connectivity index (χ4v) is 3.80. The predicted molar refractivity (Wildman–Crippen MR) is 108 cm³/mol. The van der Waals surface area contributed by atoms with Crippen molar-refractivity contribution in [1.82, 2.24) is 9.97 Å². The highest BCUT2D eigenvalue weighted by Gasteiger charge is 2.35. The van der Waals surface area contributed by atoms with Crippen LogP contribution in [0.25, 0.3) is 16.6 Å². The number of pyridine rings is 1. The first-order valence-corrected chi connectivity index (χ1v) is 9.53. The molecule has 1 atom stereocenters. The van der Waals surface area contributed by atoms with E-state index in [2.05, 4.69) is 9.97 Å². The molecular formula is C23H20F4N2O. The lowest BCUT2D eigenvalue weighted by Crippen LogP contribution is -2.16. The van der Waals surface area contributed by atoms with Gasteiger partial charge >= 0.3 is 6.18 Å². The number of nitrogens with one attached hydrogen (secondary N) is 1.